The SMILES string of the molecule is CN=C(NCCc1ncc(C)s1)NC1CCc2nc(C)nn2C1.I. The minimum absolute atomic E-state index is 0. The normalized spacial score (nSPS) is 17.1. The summed E-state index contributed by atoms with van der Waals surface area (Å²) in [4.78, 5) is 14.4. The molecule has 0 radical (unpaired) electrons. The van der Waals surface area contributed by atoms with Crippen molar-refractivity contribution in [3.8, 4) is 0 Å². The molecular formula is C15H24IN7S. The van der Waals surface area contributed by atoms with Crippen LogP contribution in [0.3, 0.4) is 0 Å². The summed E-state index contributed by atoms with van der Waals surface area (Å²) in [5, 5.41) is 12.4. The molecule has 1 aliphatic heterocycles. The molecule has 24 heavy (non-hydrogen) atoms. The molecule has 0 fully saturated rings. The van der Waals surface area contributed by atoms with Crippen molar-refractivity contribution < 1.29 is 0 Å². The van der Waals surface area contributed by atoms with Crippen molar-refractivity contribution in [2.24, 2.45) is 4.99 Å². The molecule has 0 saturated heterocycles. The van der Waals surface area contributed by atoms with Crippen molar-refractivity contribution in [3.05, 3.63) is 27.7 Å². The summed E-state index contributed by atoms with van der Waals surface area (Å²) in [6.07, 6.45) is 4.83. The van der Waals surface area contributed by atoms with E-state index in [2.05, 4.69) is 37.6 Å². The predicted molar refractivity (Wildman–Crippen MR) is 107 cm³/mol. The van der Waals surface area contributed by atoms with Crippen LogP contribution in [-0.2, 0) is 19.4 Å². The van der Waals surface area contributed by atoms with Gasteiger partial charge in [-0.05, 0) is 20.3 Å². The van der Waals surface area contributed by atoms with Crippen LogP contribution in [0.25, 0.3) is 0 Å². The monoisotopic (exact) mass is 461 g/mol. The summed E-state index contributed by atoms with van der Waals surface area (Å²) in [5.41, 5.74) is 0. The van der Waals surface area contributed by atoms with Gasteiger partial charge in [-0.1, -0.05) is 0 Å². The van der Waals surface area contributed by atoms with Crippen molar-refractivity contribution in [2.75, 3.05) is 13.6 Å². The Morgan fingerprint density at radius 3 is 3.00 bits per heavy atom. The number of halogens is 1. The van der Waals surface area contributed by atoms with Gasteiger partial charge < -0.3 is 10.6 Å². The zero-order valence-electron chi connectivity index (χ0n) is 14.2. The lowest BCUT2D eigenvalue weighted by molar-refractivity contribution is 0.392. The average molecular weight is 461 g/mol. The zero-order chi connectivity index (χ0) is 16.2. The van der Waals surface area contributed by atoms with Crippen LogP contribution < -0.4 is 10.6 Å². The Balaban J connectivity index is 0.00000208. The van der Waals surface area contributed by atoms with Gasteiger partial charge in [-0.2, -0.15) is 5.10 Å². The molecule has 0 aliphatic carbocycles. The first kappa shape index (κ1) is 19.1. The first-order valence-corrected chi connectivity index (χ1v) is 8.74. The molecule has 0 bridgehead atoms. The van der Waals surface area contributed by atoms with Gasteiger partial charge in [0.25, 0.3) is 0 Å². The van der Waals surface area contributed by atoms with Crippen LogP contribution in [0.1, 0.15) is 28.0 Å². The first-order chi connectivity index (χ1) is 11.1. The van der Waals surface area contributed by atoms with E-state index in [1.165, 1.54) is 4.88 Å². The number of aromatic nitrogens is 4. The van der Waals surface area contributed by atoms with Gasteiger partial charge in [0.15, 0.2) is 5.96 Å². The lowest BCUT2D eigenvalue weighted by Crippen LogP contribution is -2.47. The van der Waals surface area contributed by atoms with Gasteiger partial charge in [0.1, 0.15) is 11.6 Å². The standard InChI is InChI=1S/C15H23N7S.HI/c1-10-8-18-14(23-10)6-7-17-15(16-3)20-12-4-5-13-19-11(2)21-22(13)9-12;/h8,12H,4-7,9H2,1-3H3,(H2,16,17,20);1H. The molecule has 3 rings (SSSR count). The maximum atomic E-state index is 4.44. The smallest absolute Gasteiger partial charge is 0.191 e. The first-order valence-electron chi connectivity index (χ1n) is 7.93. The summed E-state index contributed by atoms with van der Waals surface area (Å²) >= 11 is 1.75. The number of hydrogen-bond donors (Lipinski definition) is 2. The van der Waals surface area contributed by atoms with E-state index in [-0.39, 0.29) is 24.0 Å². The maximum absolute atomic E-state index is 4.44. The van der Waals surface area contributed by atoms with Crippen molar-refractivity contribution in [2.45, 2.75) is 45.7 Å². The summed E-state index contributed by atoms with van der Waals surface area (Å²) in [7, 11) is 1.80. The molecule has 9 heteroatoms. The topological polar surface area (TPSA) is 80.0 Å². The molecule has 3 heterocycles. The number of nitrogens with zero attached hydrogens (tertiary/aromatic N) is 5. The fourth-order valence-electron chi connectivity index (χ4n) is 2.74. The number of rotatable bonds is 4. The summed E-state index contributed by atoms with van der Waals surface area (Å²) < 4.78 is 2.00. The molecule has 132 valence electrons. The van der Waals surface area contributed by atoms with Crippen LogP contribution >= 0.6 is 35.3 Å². The highest BCUT2D eigenvalue weighted by atomic mass is 127. The Kier molecular flexibility index (Phi) is 6.96. The van der Waals surface area contributed by atoms with E-state index in [4.69, 9.17) is 0 Å². The van der Waals surface area contributed by atoms with E-state index < -0.39 is 0 Å². The Morgan fingerprint density at radius 2 is 2.29 bits per heavy atom. The van der Waals surface area contributed by atoms with Crippen LogP contribution in [0, 0.1) is 13.8 Å². The van der Waals surface area contributed by atoms with Gasteiger partial charge in [0, 0.05) is 43.5 Å². The van der Waals surface area contributed by atoms with Crippen molar-refractivity contribution in [3.63, 3.8) is 0 Å². The van der Waals surface area contributed by atoms with Crippen molar-refractivity contribution in [1.82, 2.24) is 30.4 Å². The third kappa shape index (κ3) is 4.88. The fourth-order valence-corrected chi connectivity index (χ4v) is 3.53. The number of aryl methyl sites for hydroxylation is 3. The van der Waals surface area contributed by atoms with Gasteiger partial charge >= 0.3 is 0 Å². The number of hydrogen-bond acceptors (Lipinski definition) is 5. The predicted octanol–water partition coefficient (Wildman–Crippen LogP) is 1.69. The molecule has 2 aromatic rings. The molecule has 2 aromatic heterocycles. The zero-order valence-corrected chi connectivity index (χ0v) is 17.4. The van der Waals surface area contributed by atoms with Gasteiger partial charge in [-0.3, -0.25) is 4.99 Å². The average Bonchev–Trinajstić information content (AvgIpc) is 3.10. The largest absolute Gasteiger partial charge is 0.356 e. The molecule has 1 aliphatic rings. The minimum Gasteiger partial charge on any atom is -0.356 e. The summed E-state index contributed by atoms with van der Waals surface area (Å²) in [6.45, 7) is 5.68. The highest BCUT2D eigenvalue weighted by Gasteiger charge is 2.21. The maximum Gasteiger partial charge on any atom is 0.191 e. The second-order valence-corrected chi connectivity index (χ2v) is 7.07. The Bertz CT molecular complexity index is 694. The minimum atomic E-state index is 0. The van der Waals surface area contributed by atoms with Crippen LogP contribution in [0.15, 0.2) is 11.2 Å². The number of aliphatic imine (C=N–C) groups is 1. The fraction of sp³-hybridized carbons (Fsp3) is 0.600. The molecule has 0 amide bonds. The number of thiazole rings is 1. The molecule has 1 unspecified atom stereocenters. The highest BCUT2D eigenvalue weighted by Crippen LogP contribution is 2.13. The van der Waals surface area contributed by atoms with E-state index in [0.29, 0.717) is 6.04 Å². The van der Waals surface area contributed by atoms with E-state index in [9.17, 15) is 0 Å². The third-order valence-electron chi connectivity index (χ3n) is 3.83. The van der Waals surface area contributed by atoms with Crippen LogP contribution in [-0.4, -0.2) is 45.3 Å². The molecule has 0 aromatic carbocycles. The quantitative estimate of drug-likeness (QED) is 0.412. The third-order valence-corrected chi connectivity index (χ3v) is 4.80. The van der Waals surface area contributed by atoms with E-state index in [1.807, 2.05) is 17.8 Å². The Hall–Kier alpha value is -1.23. The van der Waals surface area contributed by atoms with Crippen LogP contribution in [0.5, 0.6) is 0 Å². The second-order valence-electron chi connectivity index (χ2n) is 5.75. The molecule has 2 N–H and O–H groups in total. The number of fused-ring (bicyclic) bond motifs is 1. The summed E-state index contributed by atoms with van der Waals surface area (Å²) in [6, 6.07) is 0.330. The lowest BCUT2D eigenvalue weighted by atomic mass is 10.1. The van der Waals surface area contributed by atoms with Gasteiger partial charge in [-0.15, -0.1) is 35.3 Å². The molecule has 1 atom stereocenters. The van der Waals surface area contributed by atoms with Gasteiger partial charge in [0.2, 0.25) is 0 Å². The Morgan fingerprint density at radius 1 is 1.46 bits per heavy atom. The number of guanidine groups is 1. The number of nitrogens with one attached hydrogen (secondary N) is 2. The van der Waals surface area contributed by atoms with Crippen LogP contribution in [0.2, 0.25) is 0 Å². The van der Waals surface area contributed by atoms with E-state index in [0.717, 1.165) is 55.0 Å². The van der Waals surface area contributed by atoms with Crippen LogP contribution in [0.4, 0.5) is 0 Å². The highest BCUT2D eigenvalue weighted by molar-refractivity contribution is 14.0. The molecule has 0 spiro atoms. The summed E-state index contributed by atoms with van der Waals surface area (Å²) in [5.74, 6) is 2.77. The molecule has 0 saturated carbocycles. The van der Waals surface area contributed by atoms with Crippen molar-refractivity contribution >= 4 is 41.3 Å². The van der Waals surface area contributed by atoms with Gasteiger partial charge in [0.05, 0.1) is 11.6 Å². The van der Waals surface area contributed by atoms with E-state index >= 15 is 0 Å². The molecule has 7 nitrogen and oxygen atoms in total. The second kappa shape index (κ2) is 8.75. The lowest BCUT2D eigenvalue weighted by Gasteiger charge is -2.25. The van der Waals surface area contributed by atoms with Gasteiger partial charge in [-0.25, -0.2) is 14.6 Å². The Labute approximate surface area is 163 Å². The van der Waals surface area contributed by atoms with E-state index in [1.54, 1.807) is 18.4 Å². The molecular weight excluding hydrogens is 437 g/mol. The van der Waals surface area contributed by atoms with Crippen molar-refractivity contribution in [1.29, 1.82) is 0 Å².